The van der Waals surface area contributed by atoms with Gasteiger partial charge in [0.1, 0.15) is 0 Å². The number of nitrogens with one attached hydrogen (secondary N) is 1. The third-order valence-corrected chi connectivity index (χ3v) is 6.54. The van der Waals surface area contributed by atoms with Crippen LogP contribution in [-0.4, -0.2) is 17.9 Å². The molecule has 0 spiro atoms. The maximum atomic E-state index is 12.9. The number of aromatic nitrogens is 1. The van der Waals surface area contributed by atoms with Crippen molar-refractivity contribution in [2.24, 2.45) is 0 Å². The Morgan fingerprint density at radius 1 is 1.00 bits per heavy atom. The van der Waals surface area contributed by atoms with E-state index >= 15 is 0 Å². The highest BCUT2D eigenvalue weighted by molar-refractivity contribution is 7.92. The molecule has 29 heavy (non-hydrogen) atoms. The number of nitro benzene ring substituents is 1. The predicted molar refractivity (Wildman–Crippen MR) is 114 cm³/mol. The first kappa shape index (κ1) is 18.9. The third-order valence-electron chi connectivity index (χ3n) is 5.01. The lowest BCUT2D eigenvalue weighted by atomic mass is 10.1. The second kappa shape index (κ2) is 6.89. The number of rotatable bonds is 5. The minimum absolute atomic E-state index is 0.109. The predicted octanol–water partition coefficient (Wildman–Crippen LogP) is 4.83. The van der Waals surface area contributed by atoms with Gasteiger partial charge in [-0.2, -0.15) is 0 Å². The van der Waals surface area contributed by atoms with E-state index in [1.54, 1.807) is 19.1 Å². The highest BCUT2D eigenvalue weighted by Crippen LogP contribution is 2.32. The lowest BCUT2D eigenvalue weighted by Crippen LogP contribution is -2.14. The Hall–Kier alpha value is -3.39. The molecule has 8 heteroatoms. The minimum Gasteiger partial charge on any atom is -0.341 e. The van der Waals surface area contributed by atoms with E-state index in [2.05, 4.69) is 16.2 Å². The minimum atomic E-state index is -3.98. The Kier molecular flexibility index (Phi) is 4.50. The third kappa shape index (κ3) is 3.21. The average molecular weight is 409 g/mol. The first-order valence-electron chi connectivity index (χ1n) is 9.10. The van der Waals surface area contributed by atoms with Gasteiger partial charge in [-0.15, -0.1) is 0 Å². The normalized spacial score (nSPS) is 11.8. The van der Waals surface area contributed by atoms with E-state index in [4.69, 9.17) is 0 Å². The van der Waals surface area contributed by atoms with E-state index in [0.717, 1.165) is 34.4 Å². The molecule has 4 aromatic rings. The Morgan fingerprint density at radius 2 is 1.72 bits per heavy atom. The highest BCUT2D eigenvalue weighted by atomic mass is 32.2. The number of anilines is 1. The van der Waals surface area contributed by atoms with Crippen molar-refractivity contribution < 1.29 is 13.3 Å². The van der Waals surface area contributed by atoms with E-state index in [-0.39, 0.29) is 10.6 Å². The van der Waals surface area contributed by atoms with Crippen LogP contribution < -0.4 is 4.72 Å². The number of sulfonamides is 1. The Bertz CT molecular complexity index is 1370. The number of para-hydroxylation sites is 1. The van der Waals surface area contributed by atoms with Crippen molar-refractivity contribution in [2.75, 3.05) is 4.72 Å². The van der Waals surface area contributed by atoms with Crippen molar-refractivity contribution in [3.63, 3.8) is 0 Å². The summed E-state index contributed by atoms with van der Waals surface area (Å²) >= 11 is 0. The summed E-state index contributed by atoms with van der Waals surface area (Å²) in [4.78, 5) is 10.3. The van der Waals surface area contributed by atoms with Gasteiger partial charge in [0.2, 0.25) is 0 Å². The molecular formula is C21H19N3O4S. The highest BCUT2D eigenvalue weighted by Gasteiger charge is 2.21. The fourth-order valence-electron chi connectivity index (χ4n) is 3.66. The summed E-state index contributed by atoms with van der Waals surface area (Å²) in [5.74, 6) is 0. The van der Waals surface area contributed by atoms with Crippen LogP contribution in [0.15, 0.2) is 65.6 Å². The standard InChI is InChI=1S/C21H19N3O4S/c1-3-23-19-7-5-4-6-17(19)18-12-15(9-11-20(18)23)22-29(27,28)21-13-16(24(25)26)10-8-14(21)2/h4-13,22H,3H2,1-2H3. The molecule has 0 radical (unpaired) electrons. The van der Waals surface area contributed by atoms with Gasteiger partial charge in [0.05, 0.1) is 9.82 Å². The molecule has 1 N–H and O–H groups in total. The average Bonchev–Trinajstić information content (AvgIpc) is 3.00. The molecule has 0 saturated heterocycles. The summed E-state index contributed by atoms with van der Waals surface area (Å²) in [5.41, 5.74) is 2.68. The van der Waals surface area contributed by atoms with Crippen LogP contribution in [-0.2, 0) is 16.6 Å². The molecule has 3 aromatic carbocycles. The van der Waals surface area contributed by atoms with Crippen molar-refractivity contribution in [3.05, 3.63) is 76.3 Å². The lowest BCUT2D eigenvalue weighted by molar-refractivity contribution is -0.385. The molecule has 0 unspecified atom stereocenters. The molecule has 0 saturated carbocycles. The number of fused-ring (bicyclic) bond motifs is 3. The number of benzene rings is 3. The van der Waals surface area contributed by atoms with E-state index in [0.29, 0.717) is 11.3 Å². The summed E-state index contributed by atoms with van der Waals surface area (Å²) in [6.45, 7) is 4.46. The fraction of sp³-hybridized carbons (Fsp3) is 0.143. The fourth-order valence-corrected chi connectivity index (χ4v) is 4.97. The molecule has 0 fully saturated rings. The van der Waals surface area contributed by atoms with Crippen molar-refractivity contribution in [1.29, 1.82) is 0 Å². The first-order valence-corrected chi connectivity index (χ1v) is 10.6. The zero-order valence-electron chi connectivity index (χ0n) is 15.9. The molecule has 148 valence electrons. The van der Waals surface area contributed by atoms with Crippen LogP contribution in [0.4, 0.5) is 11.4 Å². The van der Waals surface area contributed by atoms with E-state index in [1.807, 2.05) is 30.3 Å². The van der Waals surface area contributed by atoms with Gasteiger partial charge in [-0.25, -0.2) is 8.42 Å². The van der Waals surface area contributed by atoms with Crippen LogP contribution >= 0.6 is 0 Å². The maximum Gasteiger partial charge on any atom is 0.270 e. The van der Waals surface area contributed by atoms with Gasteiger partial charge in [-0.1, -0.05) is 24.3 Å². The molecule has 0 amide bonds. The van der Waals surface area contributed by atoms with Crippen molar-refractivity contribution in [1.82, 2.24) is 4.57 Å². The number of non-ortho nitro benzene ring substituents is 1. The van der Waals surface area contributed by atoms with Gasteiger partial charge < -0.3 is 4.57 Å². The Labute approximate surface area is 167 Å². The van der Waals surface area contributed by atoms with Gasteiger partial charge in [0.15, 0.2) is 0 Å². The second-order valence-electron chi connectivity index (χ2n) is 6.81. The van der Waals surface area contributed by atoms with Crippen molar-refractivity contribution in [3.8, 4) is 0 Å². The zero-order valence-corrected chi connectivity index (χ0v) is 16.7. The maximum absolute atomic E-state index is 12.9. The summed E-state index contributed by atoms with van der Waals surface area (Å²) in [5, 5.41) is 13.0. The van der Waals surface area contributed by atoms with Crippen LogP contribution in [0, 0.1) is 17.0 Å². The molecule has 0 aliphatic rings. The molecule has 1 heterocycles. The van der Waals surface area contributed by atoms with Crippen LogP contribution in [0.5, 0.6) is 0 Å². The first-order chi connectivity index (χ1) is 13.8. The van der Waals surface area contributed by atoms with Gasteiger partial charge in [0.25, 0.3) is 15.7 Å². The molecular weight excluding hydrogens is 390 g/mol. The number of nitrogens with zero attached hydrogens (tertiary/aromatic N) is 2. The van der Waals surface area contributed by atoms with E-state index < -0.39 is 14.9 Å². The topological polar surface area (TPSA) is 94.2 Å². The van der Waals surface area contributed by atoms with Crippen LogP contribution in [0.1, 0.15) is 12.5 Å². The van der Waals surface area contributed by atoms with Crippen molar-refractivity contribution in [2.45, 2.75) is 25.3 Å². The van der Waals surface area contributed by atoms with Gasteiger partial charge in [0, 0.05) is 46.2 Å². The monoisotopic (exact) mass is 409 g/mol. The van der Waals surface area contributed by atoms with Crippen LogP contribution in [0.2, 0.25) is 0 Å². The van der Waals surface area contributed by atoms with Gasteiger partial charge in [-0.05, 0) is 43.7 Å². The number of nitro groups is 1. The zero-order chi connectivity index (χ0) is 20.8. The SMILES string of the molecule is CCn1c2ccccc2c2cc(NS(=O)(=O)c3cc([N+](=O)[O-])ccc3C)ccc21. The van der Waals surface area contributed by atoms with Crippen LogP contribution in [0.3, 0.4) is 0 Å². The molecule has 7 nitrogen and oxygen atoms in total. The number of hydrogen-bond donors (Lipinski definition) is 1. The lowest BCUT2D eigenvalue weighted by Gasteiger charge is -2.11. The van der Waals surface area contributed by atoms with Crippen molar-refractivity contribution >= 4 is 43.2 Å². The molecule has 1 aromatic heterocycles. The number of hydrogen-bond acceptors (Lipinski definition) is 4. The molecule has 0 bridgehead atoms. The molecule has 0 aliphatic heterocycles. The summed E-state index contributed by atoms with van der Waals surface area (Å²) in [6, 6.07) is 17.2. The summed E-state index contributed by atoms with van der Waals surface area (Å²) in [6.07, 6.45) is 0. The quantitative estimate of drug-likeness (QED) is 0.377. The largest absolute Gasteiger partial charge is 0.341 e. The second-order valence-corrected chi connectivity index (χ2v) is 8.46. The Balaban J connectivity index is 1.81. The molecule has 0 atom stereocenters. The van der Waals surface area contributed by atoms with Crippen LogP contribution in [0.25, 0.3) is 21.8 Å². The summed E-state index contributed by atoms with van der Waals surface area (Å²) in [7, 11) is -3.98. The molecule has 0 aliphatic carbocycles. The van der Waals surface area contributed by atoms with Gasteiger partial charge in [-0.3, -0.25) is 14.8 Å². The number of aryl methyl sites for hydroxylation is 2. The summed E-state index contributed by atoms with van der Waals surface area (Å²) < 4.78 is 30.6. The van der Waals surface area contributed by atoms with Gasteiger partial charge >= 0.3 is 0 Å². The van der Waals surface area contributed by atoms with E-state index in [9.17, 15) is 18.5 Å². The molecule has 4 rings (SSSR count). The van der Waals surface area contributed by atoms with E-state index in [1.165, 1.54) is 12.1 Å². The smallest absolute Gasteiger partial charge is 0.270 e. The Morgan fingerprint density at radius 3 is 2.45 bits per heavy atom.